The quantitative estimate of drug-likeness (QED) is 0.528. The fourth-order valence-corrected chi connectivity index (χ4v) is 3.30. The van der Waals surface area contributed by atoms with Crippen molar-refractivity contribution in [2.45, 2.75) is 37.1 Å². The molecule has 1 N–H and O–H groups in total. The molecule has 0 spiro atoms. The molecule has 1 rings (SSSR count). The van der Waals surface area contributed by atoms with Crippen molar-refractivity contribution in [1.82, 2.24) is 4.98 Å². The SMILES string of the molecule is O=C(CCCCCO)CCSSc1ccccn1. The van der Waals surface area contributed by atoms with Gasteiger partial charge in [0.1, 0.15) is 10.8 Å². The van der Waals surface area contributed by atoms with Crippen LogP contribution in [-0.4, -0.2) is 28.2 Å². The third kappa shape index (κ3) is 7.74. The summed E-state index contributed by atoms with van der Waals surface area (Å²) in [7, 11) is 3.29. The summed E-state index contributed by atoms with van der Waals surface area (Å²) in [6.45, 7) is 0.227. The number of hydrogen-bond donors (Lipinski definition) is 1. The van der Waals surface area contributed by atoms with Gasteiger partial charge in [-0.05, 0) is 35.8 Å². The number of ketones is 1. The molecule has 0 atom stereocenters. The Kier molecular flexibility index (Phi) is 8.98. The highest BCUT2D eigenvalue weighted by Gasteiger charge is 2.02. The molecule has 0 aliphatic carbocycles. The Balaban J connectivity index is 1.99. The van der Waals surface area contributed by atoms with Crippen LogP contribution in [-0.2, 0) is 4.79 Å². The van der Waals surface area contributed by atoms with E-state index in [0.717, 1.165) is 30.0 Å². The number of rotatable bonds is 10. The Labute approximate surface area is 116 Å². The summed E-state index contributed by atoms with van der Waals surface area (Å²) in [4.78, 5) is 15.7. The van der Waals surface area contributed by atoms with E-state index in [9.17, 15) is 4.79 Å². The molecule has 100 valence electrons. The molecule has 0 saturated carbocycles. The highest BCUT2D eigenvalue weighted by Crippen LogP contribution is 2.29. The maximum absolute atomic E-state index is 11.5. The first-order valence-corrected chi connectivity index (χ1v) is 8.48. The second-order valence-electron chi connectivity index (χ2n) is 3.90. The summed E-state index contributed by atoms with van der Waals surface area (Å²) in [6.07, 6.45) is 5.70. The van der Waals surface area contributed by atoms with Gasteiger partial charge in [0.05, 0.1) is 0 Å². The minimum absolute atomic E-state index is 0.227. The van der Waals surface area contributed by atoms with E-state index >= 15 is 0 Å². The van der Waals surface area contributed by atoms with Gasteiger partial charge < -0.3 is 5.11 Å². The fraction of sp³-hybridized carbons (Fsp3) is 0.538. The molecule has 1 heterocycles. The standard InChI is InChI=1S/C13H19NO2S2/c15-10-5-1-2-6-12(16)8-11-17-18-13-7-3-4-9-14-13/h3-4,7,9,15H,1-2,5-6,8,10-11H2. The zero-order valence-electron chi connectivity index (χ0n) is 10.4. The zero-order chi connectivity index (χ0) is 13.1. The first-order valence-electron chi connectivity index (χ1n) is 6.16. The lowest BCUT2D eigenvalue weighted by Crippen LogP contribution is -1.99. The van der Waals surface area contributed by atoms with Gasteiger partial charge in [-0.2, -0.15) is 0 Å². The van der Waals surface area contributed by atoms with Crippen molar-refractivity contribution in [3.05, 3.63) is 24.4 Å². The van der Waals surface area contributed by atoms with E-state index in [4.69, 9.17) is 5.11 Å². The van der Waals surface area contributed by atoms with E-state index in [0.29, 0.717) is 18.6 Å². The monoisotopic (exact) mass is 285 g/mol. The molecule has 1 aromatic heterocycles. The Morgan fingerprint density at radius 1 is 1.22 bits per heavy atom. The van der Waals surface area contributed by atoms with Gasteiger partial charge in [-0.15, -0.1) is 0 Å². The fourth-order valence-electron chi connectivity index (χ4n) is 1.39. The number of pyridine rings is 1. The second-order valence-corrected chi connectivity index (χ2v) is 6.33. The van der Waals surface area contributed by atoms with Gasteiger partial charge in [0.15, 0.2) is 0 Å². The smallest absolute Gasteiger partial charge is 0.133 e. The van der Waals surface area contributed by atoms with Crippen molar-refractivity contribution in [3.8, 4) is 0 Å². The topological polar surface area (TPSA) is 50.2 Å². The van der Waals surface area contributed by atoms with E-state index in [1.807, 2.05) is 18.2 Å². The van der Waals surface area contributed by atoms with Crippen molar-refractivity contribution in [2.75, 3.05) is 12.4 Å². The number of hydrogen-bond acceptors (Lipinski definition) is 5. The molecular formula is C13H19NO2S2. The van der Waals surface area contributed by atoms with Gasteiger partial charge in [0, 0.05) is 31.4 Å². The Morgan fingerprint density at radius 2 is 2.11 bits per heavy atom. The predicted octanol–water partition coefficient (Wildman–Crippen LogP) is 3.33. The Morgan fingerprint density at radius 3 is 2.83 bits per heavy atom. The number of aliphatic hydroxyl groups excluding tert-OH is 1. The Bertz CT molecular complexity index is 333. The lowest BCUT2D eigenvalue weighted by Gasteiger charge is -2.01. The van der Waals surface area contributed by atoms with Crippen LogP contribution < -0.4 is 0 Å². The number of Topliss-reactive ketones (excluding diaryl/α,β-unsaturated/α-hetero) is 1. The van der Waals surface area contributed by atoms with E-state index in [-0.39, 0.29) is 6.61 Å². The van der Waals surface area contributed by atoms with Gasteiger partial charge in [0.25, 0.3) is 0 Å². The van der Waals surface area contributed by atoms with Crippen LogP contribution in [0.1, 0.15) is 32.1 Å². The van der Waals surface area contributed by atoms with E-state index < -0.39 is 0 Å². The van der Waals surface area contributed by atoms with Gasteiger partial charge in [-0.3, -0.25) is 4.79 Å². The van der Waals surface area contributed by atoms with Crippen LogP contribution in [0.5, 0.6) is 0 Å². The average molecular weight is 285 g/mol. The van der Waals surface area contributed by atoms with Crippen LogP contribution >= 0.6 is 21.6 Å². The zero-order valence-corrected chi connectivity index (χ0v) is 12.0. The van der Waals surface area contributed by atoms with Gasteiger partial charge in [0.2, 0.25) is 0 Å². The van der Waals surface area contributed by atoms with Gasteiger partial charge in [-0.25, -0.2) is 4.98 Å². The first kappa shape index (κ1) is 15.5. The molecule has 3 nitrogen and oxygen atoms in total. The number of nitrogens with zero attached hydrogens (tertiary/aromatic N) is 1. The summed E-state index contributed by atoms with van der Waals surface area (Å²) in [5.41, 5.74) is 0. The average Bonchev–Trinajstić information content (AvgIpc) is 2.41. The molecule has 0 fully saturated rings. The van der Waals surface area contributed by atoms with Crippen LogP contribution in [0.25, 0.3) is 0 Å². The van der Waals surface area contributed by atoms with Crippen molar-refractivity contribution in [2.24, 2.45) is 0 Å². The van der Waals surface area contributed by atoms with Gasteiger partial charge in [-0.1, -0.05) is 23.3 Å². The highest BCUT2D eigenvalue weighted by atomic mass is 33.1. The normalized spacial score (nSPS) is 10.5. The molecule has 5 heteroatoms. The molecule has 0 aliphatic rings. The van der Waals surface area contributed by atoms with Crippen LogP contribution in [0.15, 0.2) is 29.4 Å². The number of unbranched alkanes of at least 4 members (excludes halogenated alkanes) is 2. The van der Waals surface area contributed by atoms with Crippen molar-refractivity contribution >= 4 is 27.4 Å². The van der Waals surface area contributed by atoms with E-state index in [1.165, 1.54) is 0 Å². The highest BCUT2D eigenvalue weighted by molar-refractivity contribution is 8.76. The number of carbonyl (C=O) groups is 1. The number of aromatic nitrogens is 1. The molecule has 0 radical (unpaired) electrons. The first-order chi connectivity index (χ1) is 8.83. The van der Waals surface area contributed by atoms with Crippen molar-refractivity contribution < 1.29 is 9.90 Å². The second kappa shape index (κ2) is 10.4. The van der Waals surface area contributed by atoms with Crippen LogP contribution in [0.3, 0.4) is 0 Å². The summed E-state index contributed by atoms with van der Waals surface area (Å²) < 4.78 is 0. The molecular weight excluding hydrogens is 266 g/mol. The third-order valence-electron chi connectivity index (χ3n) is 2.36. The predicted molar refractivity (Wildman–Crippen MR) is 77.7 cm³/mol. The summed E-state index contributed by atoms with van der Waals surface area (Å²) in [5.74, 6) is 1.15. The van der Waals surface area contributed by atoms with Gasteiger partial charge >= 0.3 is 0 Å². The molecule has 0 unspecified atom stereocenters. The molecule has 18 heavy (non-hydrogen) atoms. The Hall–Kier alpha value is -0.520. The van der Waals surface area contributed by atoms with E-state index in [2.05, 4.69) is 4.98 Å². The summed E-state index contributed by atoms with van der Waals surface area (Å²) >= 11 is 0. The molecule has 0 saturated heterocycles. The van der Waals surface area contributed by atoms with E-state index in [1.54, 1.807) is 27.8 Å². The minimum Gasteiger partial charge on any atom is -0.396 e. The molecule has 0 aromatic carbocycles. The maximum Gasteiger partial charge on any atom is 0.133 e. The lowest BCUT2D eigenvalue weighted by atomic mass is 10.1. The third-order valence-corrected chi connectivity index (χ3v) is 4.63. The largest absolute Gasteiger partial charge is 0.396 e. The molecule has 0 bridgehead atoms. The molecule has 0 amide bonds. The van der Waals surface area contributed by atoms with Crippen LogP contribution in [0.4, 0.5) is 0 Å². The maximum atomic E-state index is 11.5. The molecule has 1 aromatic rings. The number of carbonyl (C=O) groups excluding carboxylic acids is 1. The van der Waals surface area contributed by atoms with Crippen molar-refractivity contribution in [3.63, 3.8) is 0 Å². The molecule has 0 aliphatic heterocycles. The van der Waals surface area contributed by atoms with Crippen molar-refractivity contribution in [1.29, 1.82) is 0 Å². The lowest BCUT2D eigenvalue weighted by molar-refractivity contribution is -0.118. The summed E-state index contributed by atoms with van der Waals surface area (Å²) in [5, 5.41) is 9.60. The van der Waals surface area contributed by atoms with Crippen LogP contribution in [0, 0.1) is 0 Å². The minimum atomic E-state index is 0.227. The van der Waals surface area contributed by atoms with Crippen LogP contribution in [0.2, 0.25) is 0 Å². The summed E-state index contributed by atoms with van der Waals surface area (Å²) in [6, 6.07) is 5.82. The number of aliphatic hydroxyl groups is 1.